The molecule has 2 N–H and O–H groups in total. The van der Waals surface area contributed by atoms with Gasteiger partial charge >= 0.3 is 0 Å². The van der Waals surface area contributed by atoms with E-state index in [9.17, 15) is 22.0 Å². The number of sulfone groups is 1. The van der Waals surface area contributed by atoms with Gasteiger partial charge in [0.15, 0.2) is 9.84 Å². The van der Waals surface area contributed by atoms with Gasteiger partial charge < -0.3 is 15.5 Å². The van der Waals surface area contributed by atoms with Crippen molar-refractivity contribution < 1.29 is 22.0 Å². The summed E-state index contributed by atoms with van der Waals surface area (Å²) < 4.78 is 55.0. The van der Waals surface area contributed by atoms with Gasteiger partial charge in [-0.3, -0.25) is 9.78 Å². The van der Waals surface area contributed by atoms with Gasteiger partial charge in [0, 0.05) is 69.4 Å². The summed E-state index contributed by atoms with van der Waals surface area (Å²) in [6.07, 6.45) is 6.27. The quantitative estimate of drug-likeness (QED) is 0.367. The minimum atomic E-state index is -3.80. The molecule has 0 unspecified atom stereocenters. The molecule has 13 heteroatoms. The Hall–Kier alpha value is -3.97. The highest BCUT2D eigenvalue weighted by atomic mass is 32.2. The van der Waals surface area contributed by atoms with E-state index in [1.807, 2.05) is 6.07 Å². The fourth-order valence-electron chi connectivity index (χ4n) is 5.62. The highest BCUT2D eigenvalue weighted by Crippen LogP contribution is 2.30. The summed E-state index contributed by atoms with van der Waals surface area (Å²) in [5.41, 5.74) is 8.52. The number of fused-ring (bicyclic) bond motifs is 1. The number of imidazole rings is 1. The van der Waals surface area contributed by atoms with Crippen molar-refractivity contribution >= 4 is 26.9 Å². The molecule has 10 nitrogen and oxygen atoms in total. The Morgan fingerprint density at radius 1 is 1.15 bits per heavy atom. The molecule has 0 bridgehead atoms. The number of piperidine rings is 1. The third kappa shape index (κ3) is 5.51. The fraction of sp³-hybridized carbons (Fsp3) is 0.357. The highest BCUT2D eigenvalue weighted by molar-refractivity contribution is 7.90. The van der Waals surface area contributed by atoms with Crippen molar-refractivity contribution in [2.45, 2.75) is 37.2 Å². The van der Waals surface area contributed by atoms with Crippen LogP contribution >= 0.6 is 0 Å². The van der Waals surface area contributed by atoms with Crippen LogP contribution in [-0.4, -0.2) is 77.3 Å². The Morgan fingerprint density at radius 3 is 2.49 bits per heavy atom. The Bertz CT molecular complexity index is 1710. The van der Waals surface area contributed by atoms with E-state index in [1.54, 1.807) is 36.6 Å². The first-order chi connectivity index (χ1) is 19.3. The number of anilines is 1. The Labute approximate surface area is 236 Å². The number of pyridine rings is 1. The number of amides is 1. The first kappa shape index (κ1) is 28.6. The van der Waals surface area contributed by atoms with E-state index in [-0.39, 0.29) is 29.6 Å². The van der Waals surface area contributed by atoms with Crippen molar-refractivity contribution in [2.24, 2.45) is 11.7 Å². The maximum Gasteiger partial charge on any atom is 0.219 e. The zero-order chi connectivity index (χ0) is 29.6. The van der Waals surface area contributed by atoms with Crippen molar-refractivity contribution in [1.82, 2.24) is 24.5 Å². The van der Waals surface area contributed by atoms with E-state index in [1.165, 1.54) is 17.5 Å². The monoisotopic (exact) mass is 583 g/mol. The summed E-state index contributed by atoms with van der Waals surface area (Å²) in [6.45, 7) is 4.83. The first-order valence-electron chi connectivity index (χ1n) is 13.0. The summed E-state index contributed by atoms with van der Waals surface area (Å²) >= 11 is 0. The molecule has 0 aliphatic carbocycles. The average Bonchev–Trinajstić information content (AvgIpc) is 3.29. The van der Waals surface area contributed by atoms with Crippen LogP contribution in [-0.2, 0) is 21.1 Å². The second kappa shape index (κ2) is 10.8. The normalized spacial score (nSPS) is 19.5. The average molecular weight is 584 g/mol. The van der Waals surface area contributed by atoms with Gasteiger partial charge in [0.1, 0.15) is 17.5 Å². The van der Waals surface area contributed by atoms with Gasteiger partial charge in [-0.1, -0.05) is 6.92 Å². The SMILES string of the molecule is CC(=O)N(C)[C@@H]1[C@H](N)CN(c2ccncc2Cc2ncc3ccc(-c4c(F)cc(S(C)(=O)=O)cc4F)nn23)C[C@@H]1C. The zero-order valence-electron chi connectivity index (χ0n) is 23.1. The number of hydrogen-bond acceptors (Lipinski definition) is 8. The number of halogens is 2. The Balaban J connectivity index is 1.47. The largest absolute Gasteiger partial charge is 0.369 e. The lowest BCUT2D eigenvalue weighted by molar-refractivity contribution is -0.131. The van der Waals surface area contributed by atoms with E-state index in [0.29, 0.717) is 30.9 Å². The molecule has 1 aliphatic heterocycles. The van der Waals surface area contributed by atoms with Crippen molar-refractivity contribution in [1.29, 1.82) is 0 Å². The topological polar surface area (TPSA) is 127 Å². The lowest BCUT2D eigenvalue weighted by Gasteiger charge is -2.46. The molecule has 0 radical (unpaired) electrons. The third-order valence-corrected chi connectivity index (χ3v) is 8.72. The summed E-state index contributed by atoms with van der Waals surface area (Å²) in [6, 6.07) is 6.25. The molecule has 0 spiro atoms. The molecule has 5 rings (SSSR count). The molecule has 0 saturated carbocycles. The number of likely N-dealkylation sites (N-methyl/N-ethyl adjacent to an activating group) is 1. The standard InChI is InChI=1S/C28H31F2N7O3S/c1-16-14-36(15-23(31)28(16)35(3)17(2)38)25-7-8-32-12-18(25)9-26-33-13-19-5-6-24(34-37(19)26)27-21(29)10-20(11-22(27)30)41(4,39)40/h5-8,10-13,16,23,28H,9,14-15,31H2,1-4H3/t16-,23+,28-/m0/s1. The molecule has 3 atom stereocenters. The summed E-state index contributed by atoms with van der Waals surface area (Å²) in [4.78, 5) is 24.2. The Morgan fingerprint density at radius 2 is 1.85 bits per heavy atom. The maximum absolute atomic E-state index is 14.9. The van der Waals surface area contributed by atoms with Crippen LogP contribution in [0.4, 0.5) is 14.5 Å². The lowest BCUT2D eigenvalue weighted by Crippen LogP contribution is -2.62. The van der Waals surface area contributed by atoms with Gasteiger partial charge in [-0.2, -0.15) is 5.10 Å². The van der Waals surface area contributed by atoms with Crippen LogP contribution in [0.5, 0.6) is 0 Å². The number of nitrogens with zero attached hydrogens (tertiary/aromatic N) is 6. The maximum atomic E-state index is 14.9. The van der Waals surface area contributed by atoms with Crippen molar-refractivity contribution in [2.75, 3.05) is 31.3 Å². The molecule has 4 aromatic rings. The minimum absolute atomic E-state index is 0.00493. The lowest BCUT2D eigenvalue weighted by atomic mass is 9.88. The molecule has 41 heavy (non-hydrogen) atoms. The van der Waals surface area contributed by atoms with Crippen LogP contribution in [0.3, 0.4) is 0 Å². The number of benzene rings is 1. The minimum Gasteiger partial charge on any atom is -0.369 e. The summed E-state index contributed by atoms with van der Waals surface area (Å²) in [5, 5.41) is 4.46. The third-order valence-electron chi connectivity index (χ3n) is 7.63. The van der Waals surface area contributed by atoms with E-state index in [4.69, 9.17) is 5.73 Å². The fourth-order valence-corrected chi connectivity index (χ4v) is 6.26. The van der Waals surface area contributed by atoms with Gasteiger partial charge in [0.25, 0.3) is 0 Å². The second-order valence-electron chi connectivity index (χ2n) is 10.6. The number of aromatic nitrogens is 4. The van der Waals surface area contributed by atoms with E-state index in [0.717, 1.165) is 29.6 Å². The van der Waals surface area contributed by atoms with Gasteiger partial charge in [-0.05, 0) is 36.2 Å². The van der Waals surface area contributed by atoms with E-state index < -0.39 is 31.9 Å². The molecule has 1 aliphatic rings. The molecule has 1 amide bonds. The van der Waals surface area contributed by atoms with Crippen molar-refractivity contribution in [3.8, 4) is 11.3 Å². The molecule has 1 saturated heterocycles. The van der Waals surface area contributed by atoms with Crippen LogP contribution in [0.15, 0.2) is 53.8 Å². The number of hydrogen-bond donors (Lipinski definition) is 1. The van der Waals surface area contributed by atoms with Crippen LogP contribution < -0.4 is 10.6 Å². The van der Waals surface area contributed by atoms with Gasteiger partial charge in [-0.15, -0.1) is 0 Å². The number of rotatable bonds is 6. The van der Waals surface area contributed by atoms with Crippen LogP contribution in [0, 0.1) is 17.6 Å². The highest BCUT2D eigenvalue weighted by Gasteiger charge is 2.36. The summed E-state index contributed by atoms with van der Waals surface area (Å²) in [7, 11) is -2.02. The predicted octanol–water partition coefficient (Wildman–Crippen LogP) is 2.69. The van der Waals surface area contributed by atoms with Crippen LogP contribution in [0.25, 0.3) is 16.8 Å². The van der Waals surface area contributed by atoms with Crippen molar-refractivity contribution in [3.63, 3.8) is 0 Å². The molecule has 216 valence electrons. The molecular weight excluding hydrogens is 552 g/mol. The smallest absolute Gasteiger partial charge is 0.219 e. The van der Waals surface area contributed by atoms with Crippen molar-refractivity contribution in [3.05, 3.63) is 71.9 Å². The Kier molecular flexibility index (Phi) is 7.51. The van der Waals surface area contributed by atoms with Crippen LogP contribution in [0.2, 0.25) is 0 Å². The molecule has 3 aromatic heterocycles. The van der Waals surface area contributed by atoms with E-state index >= 15 is 0 Å². The molecule has 1 aromatic carbocycles. The summed E-state index contributed by atoms with van der Waals surface area (Å²) in [5.74, 6) is -1.45. The predicted molar refractivity (Wildman–Crippen MR) is 150 cm³/mol. The van der Waals surface area contributed by atoms with Gasteiger partial charge in [0.05, 0.1) is 33.9 Å². The van der Waals surface area contributed by atoms with Gasteiger partial charge in [0.2, 0.25) is 5.91 Å². The number of carbonyl (C=O) groups is 1. The van der Waals surface area contributed by atoms with Crippen LogP contribution in [0.1, 0.15) is 25.2 Å². The molecule has 1 fully saturated rings. The number of carbonyl (C=O) groups excluding carboxylic acids is 1. The zero-order valence-corrected chi connectivity index (χ0v) is 23.9. The molecule has 4 heterocycles. The first-order valence-corrected chi connectivity index (χ1v) is 14.9. The molecular formula is C28H31F2N7O3S. The van der Waals surface area contributed by atoms with E-state index in [2.05, 4.69) is 26.9 Å². The number of nitrogens with two attached hydrogens (primary N) is 1. The van der Waals surface area contributed by atoms with Gasteiger partial charge in [-0.25, -0.2) is 26.7 Å². The second-order valence-corrected chi connectivity index (χ2v) is 12.6.